The Kier molecular flexibility index (Phi) is 5.27. The lowest BCUT2D eigenvalue weighted by molar-refractivity contribution is -0.165. The molecule has 0 atom stereocenters. The van der Waals surface area contributed by atoms with E-state index in [9.17, 15) is 18.0 Å². The predicted octanol–water partition coefficient (Wildman–Crippen LogP) is 2.84. The Labute approximate surface area is 80.7 Å². The van der Waals surface area contributed by atoms with Crippen LogP contribution in [0.15, 0.2) is 11.8 Å². The van der Waals surface area contributed by atoms with Crippen LogP contribution in [0.5, 0.6) is 0 Å². The lowest BCUT2D eigenvalue weighted by Gasteiger charge is -2.06. The average molecular weight is 210 g/mol. The van der Waals surface area contributed by atoms with Gasteiger partial charge in [-0.05, 0) is 6.42 Å². The summed E-state index contributed by atoms with van der Waals surface area (Å²) in [5.74, 6) is -1.79. The number of carbonyl (C=O) groups excluding carboxylic acids is 1. The van der Waals surface area contributed by atoms with Crippen molar-refractivity contribution in [3.8, 4) is 0 Å². The van der Waals surface area contributed by atoms with Crippen molar-refractivity contribution < 1.29 is 22.7 Å². The van der Waals surface area contributed by atoms with Crippen LogP contribution in [-0.4, -0.2) is 19.1 Å². The van der Waals surface area contributed by atoms with Gasteiger partial charge in [-0.3, -0.25) is 4.79 Å². The number of halogens is 3. The summed E-state index contributed by atoms with van der Waals surface area (Å²) in [4.78, 5) is 10.5. The van der Waals surface area contributed by atoms with Crippen molar-refractivity contribution in [3.63, 3.8) is 0 Å². The van der Waals surface area contributed by atoms with E-state index in [1.807, 2.05) is 6.92 Å². The number of alkyl halides is 3. The summed E-state index contributed by atoms with van der Waals surface area (Å²) in [6.45, 7) is 1.90. The van der Waals surface area contributed by atoms with Crippen LogP contribution >= 0.6 is 0 Å². The molecule has 0 heterocycles. The lowest BCUT2D eigenvalue weighted by Crippen LogP contribution is -2.20. The molecule has 5 heteroatoms. The van der Waals surface area contributed by atoms with Crippen LogP contribution in [0.25, 0.3) is 0 Å². The first-order valence-electron chi connectivity index (χ1n) is 4.27. The number of ether oxygens (including phenoxy) is 1. The van der Waals surface area contributed by atoms with Crippen molar-refractivity contribution in [2.75, 3.05) is 7.11 Å². The topological polar surface area (TPSA) is 26.3 Å². The molecule has 14 heavy (non-hydrogen) atoms. The maximum atomic E-state index is 11.8. The van der Waals surface area contributed by atoms with Gasteiger partial charge in [-0.15, -0.1) is 0 Å². The second-order valence-corrected chi connectivity index (χ2v) is 2.78. The number of hydrogen-bond donors (Lipinski definition) is 0. The van der Waals surface area contributed by atoms with E-state index in [0.29, 0.717) is 18.9 Å². The smallest absolute Gasteiger partial charge is 0.454 e. The SMILES string of the molecule is CCCC/C(=C\C(=O)C(F)(F)F)OC. The molecule has 0 aliphatic carbocycles. The fraction of sp³-hybridized carbons (Fsp3) is 0.667. The molecule has 0 aromatic heterocycles. The number of methoxy groups -OCH3 is 1. The Morgan fingerprint density at radius 1 is 1.43 bits per heavy atom. The van der Waals surface area contributed by atoms with E-state index in [0.717, 1.165) is 6.42 Å². The molecule has 0 N–H and O–H groups in total. The molecule has 0 rings (SSSR count). The van der Waals surface area contributed by atoms with Gasteiger partial charge < -0.3 is 4.74 Å². The number of rotatable bonds is 5. The van der Waals surface area contributed by atoms with Gasteiger partial charge in [0, 0.05) is 12.5 Å². The zero-order valence-corrected chi connectivity index (χ0v) is 8.15. The Balaban J connectivity index is 4.36. The van der Waals surface area contributed by atoms with Crippen molar-refractivity contribution in [2.45, 2.75) is 32.4 Å². The summed E-state index contributed by atoms with van der Waals surface area (Å²) in [5.41, 5.74) is 0. The number of ketones is 1. The molecule has 0 radical (unpaired) electrons. The normalized spacial score (nSPS) is 12.8. The van der Waals surface area contributed by atoms with Crippen LogP contribution in [0.3, 0.4) is 0 Å². The summed E-state index contributed by atoms with van der Waals surface area (Å²) < 4.78 is 40.1. The van der Waals surface area contributed by atoms with E-state index >= 15 is 0 Å². The molecule has 0 aromatic carbocycles. The third-order valence-electron chi connectivity index (χ3n) is 1.61. The van der Waals surface area contributed by atoms with Gasteiger partial charge in [0.05, 0.1) is 12.9 Å². The van der Waals surface area contributed by atoms with Crippen molar-refractivity contribution >= 4 is 5.78 Å². The highest BCUT2D eigenvalue weighted by Gasteiger charge is 2.36. The fourth-order valence-corrected chi connectivity index (χ4v) is 0.812. The molecule has 0 unspecified atom stereocenters. The number of carbonyl (C=O) groups is 1. The van der Waals surface area contributed by atoms with Gasteiger partial charge in [0.25, 0.3) is 5.78 Å². The third kappa shape index (κ3) is 4.89. The minimum atomic E-state index is -4.81. The molecule has 0 aliphatic rings. The molecule has 2 nitrogen and oxygen atoms in total. The summed E-state index contributed by atoms with van der Waals surface area (Å²) >= 11 is 0. The van der Waals surface area contributed by atoms with Crippen LogP contribution in [0, 0.1) is 0 Å². The second-order valence-electron chi connectivity index (χ2n) is 2.78. The van der Waals surface area contributed by atoms with E-state index < -0.39 is 12.0 Å². The monoisotopic (exact) mass is 210 g/mol. The zero-order chi connectivity index (χ0) is 11.2. The van der Waals surface area contributed by atoms with Gasteiger partial charge in [0.2, 0.25) is 0 Å². The highest BCUT2D eigenvalue weighted by atomic mass is 19.4. The first kappa shape index (κ1) is 13.0. The zero-order valence-electron chi connectivity index (χ0n) is 8.15. The third-order valence-corrected chi connectivity index (χ3v) is 1.61. The highest BCUT2D eigenvalue weighted by molar-refractivity contribution is 5.94. The summed E-state index contributed by atoms with van der Waals surface area (Å²) in [6, 6.07) is 0. The highest BCUT2D eigenvalue weighted by Crippen LogP contribution is 2.18. The van der Waals surface area contributed by atoms with Crippen molar-refractivity contribution in [3.05, 3.63) is 11.8 Å². The Morgan fingerprint density at radius 2 is 2.00 bits per heavy atom. The van der Waals surface area contributed by atoms with Gasteiger partial charge >= 0.3 is 6.18 Å². The van der Waals surface area contributed by atoms with E-state index in [1.165, 1.54) is 7.11 Å². The van der Waals surface area contributed by atoms with Gasteiger partial charge in [-0.25, -0.2) is 0 Å². The molecule has 0 spiro atoms. The van der Waals surface area contributed by atoms with E-state index in [1.54, 1.807) is 0 Å². The number of unbranched alkanes of at least 4 members (excludes halogenated alkanes) is 1. The van der Waals surface area contributed by atoms with Crippen LogP contribution in [0.2, 0.25) is 0 Å². The summed E-state index contributed by atoms with van der Waals surface area (Å²) in [7, 11) is 1.26. The molecule has 0 fully saturated rings. The molecule has 0 amide bonds. The molecular formula is C9H13F3O2. The average Bonchev–Trinajstić information content (AvgIpc) is 2.10. The van der Waals surface area contributed by atoms with Gasteiger partial charge in [-0.1, -0.05) is 13.3 Å². The van der Waals surface area contributed by atoms with Crippen LogP contribution < -0.4 is 0 Å². The van der Waals surface area contributed by atoms with E-state index in [2.05, 4.69) is 4.74 Å². The Morgan fingerprint density at radius 3 is 2.36 bits per heavy atom. The largest absolute Gasteiger partial charge is 0.501 e. The first-order valence-corrected chi connectivity index (χ1v) is 4.27. The molecule has 0 aromatic rings. The minimum Gasteiger partial charge on any atom is -0.501 e. The maximum Gasteiger partial charge on any atom is 0.454 e. The van der Waals surface area contributed by atoms with Gasteiger partial charge in [-0.2, -0.15) is 13.2 Å². The van der Waals surface area contributed by atoms with Crippen LogP contribution in [-0.2, 0) is 9.53 Å². The molecule has 0 saturated carbocycles. The van der Waals surface area contributed by atoms with E-state index in [-0.39, 0.29) is 5.76 Å². The minimum absolute atomic E-state index is 0.0779. The number of allylic oxidation sites excluding steroid dienone is 2. The molecular weight excluding hydrogens is 197 g/mol. The standard InChI is InChI=1S/C9H13F3O2/c1-3-4-5-7(14-2)6-8(13)9(10,11)12/h6H,3-5H2,1-2H3/b7-6+. The van der Waals surface area contributed by atoms with Crippen molar-refractivity contribution in [2.24, 2.45) is 0 Å². The van der Waals surface area contributed by atoms with Crippen molar-refractivity contribution in [1.82, 2.24) is 0 Å². The van der Waals surface area contributed by atoms with Crippen LogP contribution in [0.1, 0.15) is 26.2 Å². The molecule has 0 saturated heterocycles. The summed E-state index contributed by atoms with van der Waals surface area (Å²) in [6.07, 6.45) is -2.41. The Bertz CT molecular complexity index is 219. The number of hydrogen-bond acceptors (Lipinski definition) is 2. The van der Waals surface area contributed by atoms with Crippen LogP contribution in [0.4, 0.5) is 13.2 Å². The fourth-order valence-electron chi connectivity index (χ4n) is 0.812. The molecule has 0 bridgehead atoms. The van der Waals surface area contributed by atoms with Gasteiger partial charge in [0.15, 0.2) is 0 Å². The van der Waals surface area contributed by atoms with Gasteiger partial charge in [0.1, 0.15) is 0 Å². The Hall–Kier alpha value is -1.00. The first-order chi connectivity index (χ1) is 6.41. The second kappa shape index (κ2) is 5.67. The summed E-state index contributed by atoms with van der Waals surface area (Å²) in [5, 5.41) is 0. The molecule has 0 aliphatic heterocycles. The van der Waals surface area contributed by atoms with Crippen molar-refractivity contribution in [1.29, 1.82) is 0 Å². The predicted molar refractivity (Wildman–Crippen MR) is 45.7 cm³/mol. The lowest BCUT2D eigenvalue weighted by atomic mass is 10.2. The quantitative estimate of drug-likeness (QED) is 0.515. The van der Waals surface area contributed by atoms with E-state index in [4.69, 9.17) is 0 Å². The maximum absolute atomic E-state index is 11.8. The molecule has 82 valence electrons.